The van der Waals surface area contributed by atoms with Crippen LogP contribution in [0.15, 0.2) is 24.8 Å². The maximum atomic E-state index is 4.94. The van der Waals surface area contributed by atoms with Crippen LogP contribution in [0, 0.1) is 0 Å². The van der Waals surface area contributed by atoms with E-state index >= 15 is 0 Å². The summed E-state index contributed by atoms with van der Waals surface area (Å²) in [7, 11) is 1.59. The van der Waals surface area contributed by atoms with Crippen molar-refractivity contribution in [2.75, 3.05) is 7.11 Å². The molecule has 2 aromatic rings. The van der Waals surface area contributed by atoms with E-state index in [4.69, 9.17) is 4.74 Å². The van der Waals surface area contributed by atoms with Crippen molar-refractivity contribution in [2.45, 2.75) is 0 Å². The number of imidazole rings is 1. The van der Waals surface area contributed by atoms with Crippen LogP contribution in [0.5, 0.6) is 5.88 Å². The Bertz CT molecular complexity index is 335. The molecule has 0 aliphatic carbocycles. The number of hydrogen-bond acceptors (Lipinski definition) is 3. The normalized spacial score (nSPS) is 10.3. The Hall–Kier alpha value is -1.58. The first-order valence-electron chi connectivity index (χ1n) is 3.23. The zero-order chi connectivity index (χ0) is 7.68. The van der Waals surface area contributed by atoms with E-state index in [1.165, 1.54) is 0 Å². The Morgan fingerprint density at radius 2 is 2.45 bits per heavy atom. The molecule has 0 amide bonds. The van der Waals surface area contributed by atoms with E-state index in [2.05, 4.69) is 9.97 Å². The van der Waals surface area contributed by atoms with Crippen molar-refractivity contribution < 1.29 is 4.74 Å². The average Bonchev–Trinajstić information content (AvgIpc) is 2.46. The van der Waals surface area contributed by atoms with Crippen molar-refractivity contribution in [3.63, 3.8) is 0 Å². The first kappa shape index (κ1) is 6.15. The second kappa shape index (κ2) is 2.23. The Kier molecular flexibility index (Phi) is 1.25. The number of ether oxygens (including phenoxy) is 1. The van der Waals surface area contributed by atoms with E-state index in [1.54, 1.807) is 25.7 Å². The van der Waals surface area contributed by atoms with Crippen molar-refractivity contribution in [3.05, 3.63) is 24.8 Å². The summed E-state index contributed by atoms with van der Waals surface area (Å²) >= 11 is 0. The van der Waals surface area contributed by atoms with Gasteiger partial charge < -0.3 is 9.14 Å². The van der Waals surface area contributed by atoms with E-state index in [9.17, 15) is 0 Å². The molecule has 0 atom stereocenters. The highest BCUT2D eigenvalue weighted by Crippen LogP contribution is 2.08. The first-order valence-corrected chi connectivity index (χ1v) is 3.23. The third-order valence-electron chi connectivity index (χ3n) is 1.45. The maximum absolute atomic E-state index is 4.94. The molecule has 4 heteroatoms. The fourth-order valence-electron chi connectivity index (χ4n) is 0.918. The van der Waals surface area contributed by atoms with Crippen LogP contribution in [0.1, 0.15) is 0 Å². The lowest BCUT2D eigenvalue weighted by Gasteiger charge is -1.86. The van der Waals surface area contributed by atoms with E-state index in [-0.39, 0.29) is 0 Å². The molecule has 0 radical (unpaired) electrons. The summed E-state index contributed by atoms with van der Waals surface area (Å²) in [6.07, 6.45) is 7.01. The third-order valence-corrected chi connectivity index (χ3v) is 1.45. The smallest absolute Gasteiger partial charge is 0.232 e. The molecule has 11 heavy (non-hydrogen) atoms. The molecular weight excluding hydrogens is 142 g/mol. The zero-order valence-corrected chi connectivity index (χ0v) is 6.06. The van der Waals surface area contributed by atoms with Crippen LogP contribution in [-0.2, 0) is 0 Å². The number of rotatable bonds is 1. The van der Waals surface area contributed by atoms with Crippen molar-refractivity contribution in [1.82, 2.24) is 14.4 Å². The van der Waals surface area contributed by atoms with Gasteiger partial charge in [-0.2, -0.15) is 4.98 Å². The van der Waals surface area contributed by atoms with Gasteiger partial charge in [-0.25, -0.2) is 0 Å². The van der Waals surface area contributed by atoms with Crippen LogP contribution >= 0.6 is 0 Å². The molecule has 0 unspecified atom stereocenters. The van der Waals surface area contributed by atoms with Gasteiger partial charge in [-0.1, -0.05) is 0 Å². The third kappa shape index (κ3) is 0.920. The zero-order valence-electron chi connectivity index (χ0n) is 6.06. The van der Waals surface area contributed by atoms with Gasteiger partial charge in [0, 0.05) is 12.4 Å². The lowest BCUT2D eigenvalue weighted by atomic mass is 10.7. The molecule has 2 rings (SSSR count). The van der Waals surface area contributed by atoms with Gasteiger partial charge in [-0.15, -0.1) is 0 Å². The topological polar surface area (TPSA) is 39.4 Å². The summed E-state index contributed by atoms with van der Waals surface area (Å²) in [4.78, 5) is 8.03. The maximum Gasteiger partial charge on any atom is 0.232 e. The molecule has 0 saturated carbocycles. The van der Waals surface area contributed by atoms with Gasteiger partial charge in [0.2, 0.25) is 5.88 Å². The summed E-state index contributed by atoms with van der Waals surface area (Å²) in [5.41, 5.74) is 0.796. The number of aromatic nitrogens is 3. The van der Waals surface area contributed by atoms with Crippen LogP contribution in [0.2, 0.25) is 0 Å². The standard InChI is InChI=1S/C7H7N3O/c1-11-7-5-10-3-2-8-4-6(10)9-7/h2-5H,1H3. The molecular formula is C7H7N3O. The molecule has 0 bridgehead atoms. The van der Waals surface area contributed by atoms with Crippen molar-refractivity contribution in [1.29, 1.82) is 0 Å². The second-order valence-electron chi connectivity index (χ2n) is 2.13. The van der Waals surface area contributed by atoms with E-state index < -0.39 is 0 Å². The van der Waals surface area contributed by atoms with Crippen molar-refractivity contribution in [3.8, 4) is 5.88 Å². The van der Waals surface area contributed by atoms with Crippen LogP contribution in [0.25, 0.3) is 5.65 Å². The highest BCUT2D eigenvalue weighted by atomic mass is 16.5. The fraction of sp³-hybridized carbons (Fsp3) is 0.143. The van der Waals surface area contributed by atoms with Crippen LogP contribution in [-0.4, -0.2) is 21.5 Å². The highest BCUT2D eigenvalue weighted by Gasteiger charge is 1.97. The summed E-state index contributed by atoms with van der Waals surface area (Å²) in [6.45, 7) is 0. The number of nitrogens with zero attached hydrogens (tertiary/aromatic N) is 3. The van der Waals surface area contributed by atoms with Gasteiger partial charge in [0.25, 0.3) is 0 Å². The molecule has 0 aliphatic heterocycles. The summed E-state index contributed by atoms with van der Waals surface area (Å²) < 4.78 is 6.79. The second-order valence-corrected chi connectivity index (χ2v) is 2.13. The monoisotopic (exact) mass is 149 g/mol. The van der Waals surface area contributed by atoms with E-state index in [0.717, 1.165) is 5.65 Å². The van der Waals surface area contributed by atoms with E-state index in [0.29, 0.717) is 5.88 Å². The SMILES string of the molecule is COc1cn2ccncc2n1. The number of fused-ring (bicyclic) bond motifs is 1. The largest absolute Gasteiger partial charge is 0.480 e. The Labute approximate surface area is 63.5 Å². The minimum Gasteiger partial charge on any atom is -0.480 e. The van der Waals surface area contributed by atoms with Gasteiger partial charge in [0.1, 0.15) is 0 Å². The van der Waals surface area contributed by atoms with Gasteiger partial charge in [-0.05, 0) is 0 Å². The lowest BCUT2D eigenvalue weighted by Crippen LogP contribution is -1.81. The molecule has 0 saturated heterocycles. The minimum atomic E-state index is 0.609. The summed E-state index contributed by atoms with van der Waals surface area (Å²) in [6, 6.07) is 0. The number of hydrogen-bond donors (Lipinski definition) is 0. The van der Waals surface area contributed by atoms with Gasteiger partial charge in [0.15, 0.2) is 5.65 Å². The van der Waals surface area contributed by atoms with E-state index in [1.807, 2.05) is 10.6 Å². The molecule has 0 fully saturated rings. The van der Waals surface area contributed by atoms with Crippen LogP contribution < -0.4 is 4.74 Å². The summed E-state index contributed by atoms with van der Waals surface area (Å²) in [5, 5.41) is 0. The van der Waals surface area contributed by atoms with Crippen molar-refractivity contribution >= 4 is 5.65 Å². The van der Waals surface area contributed by atoms with Crippen LogP contribution in [0.4, 0.5) is 0 Å². The Morgan fingerprint density at radius 3 is 3.18 bits per heavy atom. The average molecular weight is 149 g/mol. The highest BCUT2D eigenvalue weighted by molar-refractivity contribution is 5.38. The predicted octanol–water partition coefficient (Wildman–Crippen LogP) is 0.738. The predicted molar refractivity (Wildman–Crippen MR) is 39.5 cm³/mol. The first-order chi connectivity index (χ1) is 5.40. The lowest BCUT2D eigenvalue weighted by molar-refractivity contribution is 0.400. The van der Waals surface area contributed by atoms with Crippen LogP contribution in [0.3, 0.4) is 0 Å². The molecule has 4 nitrogen and oxygen atoms in total. The Morgan fingerprint density at radius 1 is 1.55 bits per heavy atom. The fourth-order valence-corrected chi connectivity index (χ4v) is 0.918. The van der Waals surface area contributed by atoms with Crippen molar-refractivity contribution in [2.24, 2.45) is 0 Å². The minimum absolute atomic E-state index is 0.609. The molecule has 2 aromatic heterocycles. The molecule has 0 spiro atoms. The quantitative estimate of drug-likeness (QED) is 0.600. The molecule has 2 heterocycles. The van der Waals surface area contributed by atoms with Gasteiger partial charge in [0.05, 0.1) is 19.5 Å². The summed E-state index contributed by atoms with van der Waals surface area (Å²) in [5.74, 6) is 0.609. The Balaban J connectivity index is 2.69. The van der Waals surface area contributed by atoms with Gasteiger partial charge >= 0.3 is 0 Å². The number of methoxy groups -OCH3 is 1. The molecule has 0 N–H and O–H groups in total. The van der Waals surface area contributed by atoms with Gasteiger partial charge in [-0.3, -0.25) is 4.98 Å². The molecule has 0 aliphatic rings. The molecule has 0 aromatic carbocycles. The molecule has 56 valence electrons.